The minimum Gasteiger partial charge on any atom is -0.317 e. The van der Waals surface area contributed by atoms with E-state index in [1.807, 2.05) is 0 Å². The van der Waals surface area contributed by atoms with Crippen LogP contribution in [0.2, 0.25) is 0 Å². The minimum atomic E-state index is -4.44. The lowest BCUT2D eigenvalue weighted by molar-refractivity contribution is -0.137. The Hall–Kier alpha value is -2.04. The van der Waals surface area contributed by atoms with Gasteiger partial charge in [-0.15, -0.1) is 0 Å². The highest BCUT2D eigenvalue weighted by Crippen LogP contribution is 2.36. The summed E-state index contributed by atoms with van der Waals surface area (Å²) in [7, 11) is 0. The van der Waals surface area contributed by atoms with Crippen LogP contribution in [0.5, 0.6) is 0 Å². The lowest BCUT2D eigenvalue weighted by Gasteiger charge is -2.16. The van der Waals surface area contributed by atoms with E-state index in [-0.39, 0.29) is 5.69 Å². The van der Waals surface area contributed by atoms with Gasteiger partial charge in [0, 0.05) is 17.0 Å². The summed E-state index contributed by atoms with van der Waals surface area (Å²) in [6, 6.07) is 5.37. The third-order valence-corrected chi connectivity index (χ3v) is 3.58. The summed E-state index contributed by atoms with van der Waals surface area (Å²) in [5.74, 6) is 0. The van der Waals surface area contributed by atoms with Gasteiger partial charge in [0.25, 0.3) is 0 Å². The Balaban J connectivity index is 2.80. The van der Waals surface area contributed by atoms with Crippen LogP contribution in [0.3, 0.4) is 0 Å². The number of nitrogens with zero attached hydrogens (tertiary/aromatic N) is 1. The van der Waals surface area contributed by atoms with Crippen LogP contribution in [0.15, 0.2) is 24.3 Å². The number of halogens is 3. The number of carbonyl (C=O) groups excluding carboxylic acids is 1. The maximum absolute atomic E-state index is 13.1. The summed E-state index contributed by atoms with van der Waals surface area (Å²) >= 11 is 0. The monoisotopic (exact) mass is 281 g/mol. The molecule has 20 heavy (non-hydrogen) atoms. The molecule has 2 aromatic rings. The number of benzene rings is 1. The Morgan fingerprint density at radius 2 is 1.65 bits per heavy atom. The van der Waals surface area contributed by atoms with Crippen LogP contribution in [0.4, 0.5) is 13.2 Å². The molecule has 0 spiro atoms. The molecule has 0 saturated carbocycles. The van der Waals surface area contributed by atoms with Crippen LogP contribution in [-0.2, 0) is 6.18 Å². The van der Waals surface area contributed by atoms with Gasteiger partial charge in [0.05, 0.1) is 11.3 Å². The molecule has 0 aliphatic rings. The van der Waals surface area contributed by atoms with Crippen LogP contribution in [0.25, 0.3) is 5.69 Å². The van der Waals surface area contributed by atoms with E-state index in [1.54, 1.807) is 26.8 Å². The number of alkyl halides is 3. The zero-order chi connectivity index (χ0) is 15.1. The Morgan fingerprint density at radius 3 is 2.15 bits per heavy atom. The number of aldehydes is 1. The van der Waals surface area contributed by atoms with Crippen LogP contribution >= 0.6 is 0 Å². The molecule has 0 amide bonds. The summed E-state index contributed by atoms with van der Waals surface area (Å²) in [6.45, 7) is 5.10. The van der Waals surface area contributed by atoms with Crippen molar-refractivity contribution in [3.05, 3.63) is 52.3 Å². The maximum Gasteiger partial charge on any atom is 0.418 e. The highest BCUT2D eigenvalue weighted by atomic mass is 19.4. The molecule has 0 fully saturated rings. The van der Waals surface area contributed by atoms with Crippen LogP contribution in [-0.4, -0.2) is 10.9 Å². The van der Waals surface area contributed by atoms with Crippen molar-refractivity contribution in [3.63, 3.8) is 0 Å². The van der Waals surface area contributed by atoms with Gasteiger partial charge in [0.1, 0.15) is 0 Å². The lowest BCUT2D eigenvalue weighted by Crippen LogP contribution is -2.12. The fourth-order valence-electron chi connectivity index (χ4n) is 2.45. The Kier molecular flexibility index (Phi) is 3.46. The fraction of sp³-hybridized carbons (Fsp3) is 0.267. The quantitative estimate of drug-likeness (QED) is 0.755. The predicted molar refractivity (Wildman–Crippen MR) is 70.4 cm³/mol. The van der Waals surface area contributed by atoms with Gasteiger partial charge in [-0.05, 0) is 38.5 Å². The average Bonchev–Trinajstić information content (AvgIpc) is 2.59. The molecule has 2 rings (SSSR count). The lowest BCUT2D eigenvalue weighted by atomic mass is 10.1. The van der Waals surface area contributed by atoms with E-state index >= 15 is 0 Å². The molecule has 0 saturated heterocycles. The van der Waals surface area contributed by atoms with Crippen molar-refractivity contribution in [2.45, 2.75) is 26.9 Å². The van der Waals surface area contributed by atoms with Gasteiger partial charge in [-0.2, -0.15) is 13.2 Å². The number of carbonyl (C=O) groups is 1. The Morgan fingerprint density at radius 1 is 1.05 bits per heavy atom. The summed E-state index contributed by atoms with van der Waals surface area (Å²) in [5.41, 5.74) is 1.65. The second kappa shape index (κ2) is 4.81. The highest BCUT2D eigenvalue weighted by molar-refractivity contribution is 5.80. The second-order valence-corrected chi connectivity index (χ2v) is 4.68. The minimum absolute atomic E-state index is 0.0474. The van der Waals surface area contributed by atoms with Gasteiger partial charge >= 0.3 is 6.18 Å². The number of aromatic nitrogens is 1. The van der Waals surface area contributed by atoms with E-state index in [4.69, 9.17) is 0 Å². The van der Waals surface area contributed by atoms with Crippen molar-refractivity contribution >= 4 is 6.29 Å². The summed E-state index contributed by atoms with van der Waals surface area (Å²) < 4.78 is 40.8. The van der Waals surface area contributed by atoms with Gasteiger partial charge in [0.15, 0.2) is 6.29 Å². The molecule has 1 aromatic carbocycles. The van der Waals surface area contributed by atoms with E-state index in [0.29, 0.717) is 28.8 Å². The molecular formula is C15H14F3NO. The molecule has 0 atom stereocenters. The molecule has 0 unspecified atom stereocenters. The Labute approximate surface area is 114 Å². The van der Waals surface area contributed by atoms with E-state index in [2.05, 4.69) is 0 Å². The van der Waals surface area contributed by atoms with Crippen molar-refractivity contribution in [2.75, 3.05) is 0 Å². The van der Waals surface area contributed by atoms with Crippen molar-refractivity contribution in [1.29, 1.82) is 0 Å². The molecule has 1 heterocycles. The van der Waals surface area contributed by atoms with Gasteiger partial charge in [-0.25, -0.2) is 0 Å². The topological polar surface area (TPSA) is 22.0 Å². The Bertz CT molecular complexity index is 668. The first-order valence-electron chi connectivity index (χ1n) is 6.09. The first-order chi connectivity index (χ1) is 9.29. The molecular weight excluding hydrogens is 267 g/mol. The SMILES string of the molecule is Cc1c(C=O)c(C)n(-c2ccccc2C(F)(F)F)c1C. The number of hydrogen-bond acceptors (Lipinski definition) is 1. The van der Waals surface area contributed by atoms with E-state index < -0.39 is 11.7 Å². The molecule has 106 valence electrons. The zero-order valence-electron chi connectivity index (χ0n) is 11.4. The van der Waals surface area contributed by atoms with Gasteiger partial charge in [0.2, 0.25) is 0 Å². The normalized spacial score (nSPS) is 11.7. The third-order valence-electron chi connectivity index (χ3n) is 3.58. The molecule has 0 radical (unpaired) electrons. The summed E-state index contributed by atoms with van der Waals surface area (Å²) in [6.07, 6.45) is -3.75. The van der Waals surface area contributed by atoms with E-state index in [1.165, 1.54) is 16.7 Å². The van der Waals surface area contributed by atoms with Gasteiger partial charge < -0.3 is 4.57 Å². The third kappa shape index (κ3) is 2.13. The first-order valence-corrected chi connectivity index (χ1v) is 6.09. The van der Waals surface area contributed by atoms with Crippen molar-refractivity contribution in [3.8, 4) is 5.69 Å². The molecule has 0 aliphatic carbocycles. The van der Waals surface area contributed by atoms with Crippen LogP contribution < -0.4 is 0 Å². The van der Waals surface area contributed by atoms with E-state index in [9.17, 15) is 18.0 Å². The summed E-state index contributed by atoms with van der Waals surface area (Å²) in [4.78, 5) is 11.1. The van der Waals surface area contributed by atoms with Crippen LogP contribution in [0.1, 0.15) is 32.9 Å². The van der Waals surface area contributed by atoms with Crippen molar-refractivity contribution < 1.29 is 18.0 Å². The van der Waals surface area contributed by atoms with Crippen molar-refractivity contribution in [1.82, 2.24) is 4.57 Å². The standard InChI is InChI=1S/C15H14F3NO/c1-9-10(2)19(11(3)12(9)8-20)14-7-5-4-6-13(14)15(16,17)18/h4-8H,1-3H3. The maximum atomic E-state index is 13.1. The average molecular weight is 281 g/mol. The second-order valence-electron chi connectivity index (χ2n) is 4.68. The summed E-state index contributed by atoms with van der Waals surface area (Å²) in [5, 5.41) is 0. The number of rotatable bonds is 2. The smallest absolute Gasteiger partial charge is 0.317 e. The highest BCUT2D eigenvalue weighted by Gasteiger charge is 2.34. The molecule has 0 aliphatic heterocycles. The predicted octanol–water partition coefficient (Wildman–Crippen LogP) is 4.23. The van der Waals surface area contributed by atoms with E-state index in [0.717, 1.165) is 6.07 Å². The molecule has 0 bridgehead atoms. The van der Waals surface area contributed by atoms with Gasteiger partial charge in [-0.3, -0.25) is 4.79 Å². The molecule has 1 aromatic heterocycles. The molecule has 0 N–H and O–H groups in total. The number of hydrogen-bond donors (Lipinski definition) is 0. The van der Waals surface area contributed by atoms with Crippen LogP contribution in [0, 0.1) is 20.8 Å². The first kappa shape index (κ1) is 14.4. The fourth-order valence-corrected chi connectivity index (χ4v) is 2.45. The molecule has 5 heteroatoms. The molecule has 2 nitrogen and oxygen atoms in total. The zero-order valence-corrected chi connectivity index (χ0v) is 11.4. The van der Waals surface area contributed by atoms with Gasteiger partial charge in [-0.1, -0.05) is 12.1 Å². The largest absolute Gasteiger partial charge is 0.418 e. The van der Waals surface area contributed by atoms with Crippen molar-refractivity contribution in [2.24, 2.45) is 0 Å². The number of para-hydroxylation sites is 1.